The van der Waals surface area contributed by atoms with Crippen LogP contribution >= 0.6 is 0 Å². The van der Waals surface area contributed by atoms with Gasteiger partial charge in [-0.2, -0.15) is 0 Å². The highest BCUT2D eigenvalue weighted by molar-refractivity contribution is 5.98. The highest BCUT2D eigenvalue weighted by Crippen LogP contribution is 2.28. The van der Waals surface area contributed by atoms with Crippen LogP contribution < -0.4 is 25.6 Å². The Bertz CT molecular complexity index is 1660. The number of nitrogens with zero attached hydrogens (tertiary/aromatic N) is 1. The van der Waals surface area contributed by atoms with Gasteiger partial charge in [-0.1, -0.05) is 72.8 Å². The average Bonchev–Trinajstić information content (AvgIpc) is 3.06. The molecule has 0 bridgehead atoms. The molecule has 6 rings (SSSR count). The number of amides is 3. The first-order valence-corrected chi connectivity index (χ1v) is 14.6. The fourth-order valence-electron chi connectivity index (χ4n) is 5.32. The molecule has 0 spiro atoms. The molecule has 3 amide bonds. The number of rotatable bonds is 9. The molecule has 0 radical (unpaired) electrons. The van der Waals surface area contributed by atoms with Crippen LogP contribution in [0.4, 0.5) is 10.5 Å². The molecule has 44 heavy (non-hydrogen) atoms. The van der Waals surface area contributed by atoms with E-state index < -0.39 is 29.8 Å². The fourth-order valence-corrected chi connectivity index (χ4v) is 5.32. The van der Waals surface area contributed by atoms with Crippen LogP contribution in [-0.2, 0) is 31.2 Å². The van der Waals surface area contributed by atoms with Crippen molar-refractivity contribution in [2.45, 2.75) is 31.3 Å². The van der Waals surface area contributed by atoms with Gasteiger partial charge in [0, 0.05) is 24.8 Å². The van der Waals surface area contributed by atoms with Crippen LogP contribution in [0.25, 0.3) is 10.8 Å². The SMILES string of the molecule is C[C@](NC(=O)OCc1ccccc1)(C(=O)N[C@@H]1C(=O)N[C@H]1Oc1cccc(N2CCOCC2)c1)c1ccc2ccccc2c1. The summed E-state index contributed by atoms with van der Waals surface area (Å²) in [6.07, 6.45) is -1.57. The lowest BCUT2D eigenvalue weighted by molar-refractivity contribution is -0.145. The Morgan fingerprint density at radius 3 is 2.45 bits per heavy atom. The van der Waals surface area contributed by atoms with Crippen molar-refractivity contribution in [3.05, 3.63) is 108 Å². The number of hydrogen-bond donors (Lipinski definition) is 3. The molecule has 0 saturated carbocycles. The maximum atomic E-state index is 14.0. The molecule has 2 saturated heterocycles. The van der Waals surface area contributed by atoms with Crippen molar-refractivity contribution in [2.24, 2.45) is 0 Å². The molecule has 2 aliphatic heterocycles. The lowest BCUT2D eigenvalue weighted by Gasteiger charge is -2.39. The molecule has 3 N–H and O–H groups in total. The topological polar surface area (TPSA) is 118 Å². The van der Waals surface area contributed by atoms with Crippen molar-refractivity contribution in [3.63, 3.8) is 0 Å². The van der Waals surface area contributed by atoms with E-state index in [1.807, 2.05) is 84.9 Å². The lowest BCUT2D eigenvalue weighted by atomic mass is 9.88. The van der Waals surface area contributed by atoms with Crippen LogP contribution in [0.15, 0.2) is 97.1 Å². The van der Waals surface area contributed by atoms with E-state index in [9.17, 15) is 14.4 Å². The number of hydrogen-bond acceptors (Lipinski definition) is 7. The molecule has 2 heterocycles. The zero-order chi connectivity index (χ0) is 30.5. The quantitative estimate of drug-likeness (QED) is 0.252. The third kappa shape index (κ3) is 6.30. The predicted octanol–water partition coefficient (Wildman–Crippen LogP) is 3.84. The molecule has 0 aliphatic carbocycles. The maximum absolute atomic E-state index is 14.0. The van der Waals surface area contributed by atoms with Gasteiger partial charge < -0.3 is 35.1 Å². The van der Waals surface area contributed by atoms with Crippen LogP contribution in [0.2, 0.25) is 0 Å². The van der Waals surface area contributed by atoms with Crippen LogP contribution in [0.1, 0.15) is 18.1 Å². The minimum atomic E-state index is -1.57. The molecule has 10 heteroatoms. The summed E-state index contributed by atoms with van der Waals surface area (Å²) in [4.78, 5) is 41.9. The van der Waals surface area contributed by atoms with Gasteiger partial charge in [-0.05, 0) is 47.0 Å². The van der Waals surface area contributed by atoms with E-state index in [4.69, 9.17) is 14.2 Å². The summed E-state index contributed by atoms with van der Waals surface area (Å²) in [7, 11) is 0. The van der Waals surface area contributed by atoms with Crippen molar-refractivity contribution in [1.29, 1.82) is 0 Å². The molecule has 4 aromatic carbocycles. The van der Waals surface area contributed by atoms with Gasteiger partial charge in [0.2, 0.25) is 6.23 Å². The van der Waals surface area contributed by atoms with Gasteiger partial charge >= 0.3 is 6.09 Å². The van der Waals surface area contributed by atoms with E-state index in [1.54, 1.807) is 19.1 Å². The second-order valence-corrected chi connectivity index (χ2v) is 11.0. The minimum Gasteiger partial charge on any atom is -0.468 e. The molecule has 3 atom stereocenters. The first-order valence-electron chi connectivity index (χ1n) is 14.6. The van der Waals surface area contributed by atoms with E-state index in [0.29, 0.717) is 24.5 Å². The molecular formula is C34H34N4O6. The van der Waals surface area contributed by atoms with Gasteiger partial charge in [-0.15, -0.1) is 0 Å². The van der Waals surface area contributed by atoms with Gasteiger partial charge in [-0.25, -0.2) is 4.79 Å². The third-order valence-electron chi connectivity index (χ3n) is 7.96. The summed E-state index contributed by atoms with van der Waals surface area (Å²) < 4.78 is 17.0. The number of benzene rings is 4. The number of morpholine rings is 1. The van der Waals surface area contributed by atoms with Gasteiger partial charge in [0.15, 0.2) is 6.04 Å². The highest BCUT2D eigenvalue weighted by Gasteiger charge is 2.47. The highest BCUT2D eigenvalue weighted by atomic mass is 16.5. The van der Waals surface area contributed by atoms with Crippen LogP contribution in [-0.4, -0.2) is 56.5 Å². The van der Waals surface area contributed by atoms with Crippen LogP contribution in [0, 0.1) is 0 Å². The maximum Gasteiger partial charge on any atom is 0.408 e. The van der Waals surface area contributed by atoms with Gasteiger partial charge in [0.05, 0.1) is 13.2 Å². The summed E-state index contributed by atoms with van der Waals surface area (Å²) in [5.41, 5.74) is 0.748. The number of alkyl carbamates (subject to hydrolysis) is 1. The number of carbonyl (C=O) groups excluding carboxylic acids is 3. The van der Waals surface area contributed by atoms with E-state index >= 15 is 0 Å². The van der Waals surface area contributed by atoms with E-state index in [0.717, 1.165) is 35.1 Å². The van der Waals surface area contributed by atoms with Gasteiger partial charge in [-0.3, -0.25) is 9.59 Å². The molecule has 2 aliphatic rings. The average molecular weight is 595 g/mol. The Balaban J connectivity index is 1.20. The second kappa shape index (κ2) is 12.6. The van der Waals surface area contributed by atoms with Gasteiger partial charge in [0.1, 0.15) is 17.9 Å². The number of ether oxygens (including phenoxy) is 3. The first-order chi connectivity index (χ1) is 21.4. The number of fused-ring (bicyclic) bond motifs is 1. The largest absolute Gasteiger partial charge is 0.468 e. The summed E-state index contributed by atoms with van der Waals surface area (Å²) in [5, 5.41) is 10.2. The zero-order valence-electron chi connectivity index (χ0n) is 24.3. The monoisotopic (exact) mass is 594 g/mol. The molecule has 2 fully saturated rings. The minimum absolute atomic E-state index is 0.0343. The summed E-state index contributed by atoms with van der Waals surface area (Å²) in [6.45, 7) is 4.48. The normalized spacial score (nSPS) is 19.2. The Labute approximate surface area is 255 Å². The van der Waals surface area contributed by atoms with Crippen molar-refractivity contribution in [3.8, 4) is 5.75 Å². The van der Waals surface area contributed by atoms with Crippen molar-refractivity contribution >= 4 is 34.4 Å². The number of carbonyl (C=O) groups is 3. The molecular weight excluding hydrogens is 560 g/mol. The van der Waals surface area contributed by atoms with Crippen molar-refractivity contribution in [1.82, 2.24) is 16.0 Å². The molecule has 4 aromatic rings. The molecule has 226 valence electrons. The zero-order valence-corrected chi connectivity index (χ0v) is 24.3. The Hall–Kier alpha value is -5.09. The first kappa shape index (κ1) is 29.0. The standard InChI is InChI=1S/C34H34N4O6/c1-34(26-15-14-24-10-5-6-11-25(24)20-26,37-33(41)43-22-23-8-3-2-4-9-23)32(40)35-29-30(39)36-31(29)44-28-13-7-12-27(21-28)38-16-18-42-19-17-38/h2-15,20-21,29,31H,16-19,22H2,1H3,(H,35,40)(H,36,39)(H,37,41)/t29-,31+,34-/m1/s1. The van der Waals surface area contributed by atoms with Crippen LogP contribution in [0.5, 0.6) is 5.75 Å². The summed E-state index contributed by atoms with van der Waals surface area (Å²) in [5.74, 6) is -0.418. The molecule has 0 aromatic heterocycles. The number of anilines is 1. The second-order valence-electron chi connectivity index (χ2n) is 11.0. The Kier molecular flexibility index (Phi) is 8.33. The third-order valence-corrected chi connectivity index (χ3v) is 7.96. The number of nitrogens with one attached hydrogen (secondary N) is 3. The van der Waals surface area contributed by atoms with Crippen molar-refractivity contribution in [2.75, 3.05) is 31.2 Å². The van der Waals surface area contributed by atoms with E-state index in [2.05, 4.69) is 20.9 Å². The van der Waals surface area contributed by atoms with Crippen molar-refractivity contribution < 1.29 is 28.6 Å². The lowest BCUT2D eigenvalue weighted by Crippen LogP contribution is -2.73. The van der Waals surface area contributed by atoms with E-state index in [1.165, 1.54) is 0 Å². The predicted molar refractivity (Wildman–Crippen MR) is 165 cm³/mol. The summed E-state index contributed by atoms with van der Waals surface area (Å²) >= 11 is 0. The molecule has 10 nitrogen and oxygen atoms in total. The molecule has 0 unspecified atom stereocenters. The van der Waals surface area contributed by atoms with Crippen LogP contribution in [0.3, 0.4) is 0 Å². The smallest absolute Gasteiger partial charge is 0.408 e. The Morgan fingerprint density at radius 1 is 0.932 bits per heavy atom. The summed E-state index contributed by atoms with van der Waals surface area (Å²) in [6, 6.07) is 29.1. The Morgan fingerprint density at radius 2 is 1.68 bits per heavy atom. The number of β-lactam (4-membered cyclic amide) rings is 1. The van der Waals surface area contributed by atoms with Gasteiger partial charge in [0.25, 0.3) is 11.8 Å². The van der Waals surface area contributed by atoms with E-state index in [-0.39, 0.29) is 12.5 Å². The fraction of sp³-hybridized carbons (Fsp3) is 0.265.